The Hall–Kier alpha value is -2.24. The van der Waals surface area contributed by atoms with Crippen LogP contribution in [-0.4, -0.2) is 27.5 Å². The summed E-state index contributed by atoms with van der Waals surface area (Å²) in [6.07, 6.45) is 2.85. The molecule has 1 saturated heterocycles. The standard InChI is InChI=1S/C17H20FN3O2/c1-11(2)17(22)21-10-4-3-5-14(21)16-19-15(20-23-16)12-6-8-13(18)9-7-12/h6-9,11,14H,3-5,10H2,1-2H3. The summed E-state index contributed by atoms with van der Waals surface area (Å²) in [4.78, 5) is 18.7. The van der Waals surface area contributed by atoms with Crippen LogP contribution in [0.2, 0.25) is 0 Å². The van der Waals surface area contributed by atoms with Crippen molar-refractivity contribution in [2.45, 2.75) is 39.2 Å². The second-order valence-electron chi connectivity index (χ2n) is 6.16. The average Bonchev–Trinajstić information content (AvgIpc) is 3.04. The first-order valence-electron chi connectivity index (χ1n) is 7.96. The number of likely N-dealkylation sites (tertiary alicyclic amines) is 1. The van der Waals surface area contributed by atoms with E-state index in [-0.39, 0.29) is 23.7 Å². The van der Waals surface area contributed by atoms with Crippen molar-refractivity contribution in [3.8, 4) is 11.4 Å². The Morgan fingerprint density at radius 3 is 2.74 bits per heavy atom. The number of hydrogen-bond donors (Lipinski definition) is 0. The zero-order valence-electron chi connectivity index (χ0n) is 13.3. The number of carbonyl (C=O) groups excluding carboxylic acids is 1. The molecule has 1 unspecified atom stereocenters. The summed E-state index contributed by atoms with van der Waals surface area (Å²) in [5.74, 6) is 0.616. The normalized spacial score (nSPS) is 18.4. The van der Waals surface area contributed by atoms with Crippen LogP contribution in [0.4, 0.5) is 4.39 Å². The first kappa shape index (κ1) is 15.6. The molecule has 3 rings (SSSR count). The van der Waals surface area contributed by atoms with Crippen molar-refractivity contribution in [2.24, 2.45) is 5.92 Å². The van der Waals surface area contributed by atoms with Crippen LogP contribution in [0.1, 0.15) is 45.0 Å². The van der Waals surface area contributed by atoms with Crippen molar-refractivity contribution >= 4 is 5.91 Å². The molecule has 1 fully saturated rings. The number of carbonyl (C=O) groups is 1. The molecular weight excluding hydrogens is 297 g/mol. The van der Waals surface area contributed by atoms with E-state index in [1.165, 1.54) is 12.1 Å². The molecule has 1 atom stereocenters. The number of halogens is 1. The van der Waals surface area contributed by atoms with Gasteiger partial charge < -0.3 is 9.42 Å². The number of benzene rings is 1. The summed E-state index contributed by atoms with van der Waals surface area (Å²) in [5, 5.41) is 3.98. The Bertz CT molecular complexity index is 681. The van der Waals surface area contributed by atoms with Crippen LogP contribution in [0.25, 0.3) is 11.4 Å². The van der Waals surface area contributed by atoms with E-state index in [2.05, 4.69) is 10.1 Å². The summed E-state index contributed by atoms with van der Waals surface area (Å²) in [6.45, 7) is 4.51. The van der Waals surface area contributed by atoms with Gasteiger partial charge in [-0.05, 0) is 43.5 Å². The van der Waals surface area contributed by atoms with Crippen LogP contribution in [-0.2, 0) is 4.79 Å². The minimum Gasteiger partial charge on any atom is -0.337 e. The zero-order valence-corrected chi connectivity index (χ0v) is 13.3. The van der Waals surface area contributed by atoms with Crippen molar-refractivity contribution in [1.29, 1.82) is 0 Å². The highest BCUT2D eigenvalue weighted by Gasteiger charge is 2.33. The lowest BCUT2D eigenvalue weighted by Crippen LogP contribution is -2.40. The number of hydrogen-bond acceptors (Lipinski definition) is 4. The first-order valence-corrected chi connectivity index (χ1v) is 7.96. The average molecular weight is 317 g/mol. The monoisotopic (exact) mass is 317 g/mol. The van der Waals surface area contributed by atoms with Gasteiger partial charge in [0.1, 0.15) is 11.9 Å². The highest BCUT2D eigenvalue weighted by Crippen LogP contribution is 2.32. The van der Waals surface area contributed by atoms with Crippen molar-refractivity contribution in [3.63, 3.8) is 0 Å². The lowest BCUT2D eigenvalue weighted by molar-refractivity contribution is -0.139. The molecule has 122 valence electrons. The van der Waals surface area contributed by atoms with Crippen molar-refractivity contribution in [1.82, 2.24) is 15.0 Å². The molecule has 0 radical (unpaired) electrons. The Balaban J connectivity index is 1.85. The highest BCUT2D eigenvalue weighted by molar-refractivity contribution is 5.78. The second-order valence-corrected chi connectivity index (χ2v) is 6.16. The Morgan fingerprint density at radius 2 is 2.04 bits per heavy atom. The third-order valence-electron chi connectivity index (χ3n) is 4.11. The molecule has 6 heteroatoms. The fourth-order valence-corrected chi connectivity index (χ4v) is 2.87. The summed E-state index contributed by atoms with van der Waals surface area (Å²) < 4.78 is 18.4. The van der Waals surface area contributed by atoms with Crippen molar-refractivity contribution in [3.05, 3.63) is 36.0 Å². The number of nitrogens with zero attached hydrogens (tertiary/aromatic N) is 3. The molecule has 0 N–H and O–H groups in total. The summed E-state index contributed by atoms with van der Waals surface area (Å²) in [7, 11) is 0. The predicted molar refractivity (Wildman–Crippen MR) is 82.8 cm³/mol. The highest BCUT2D eigenvalue weighted by atomic mass is 19.1. The van der Waals surface area contributed by atoms with Gasteiger partial charge in [0, 0.05) is 18.0 Å². The molecule has 0 bridgehead atoms. The van der Waals surface area contributed by atoms with Gasteiger partial charge in [0.15, 0.2) is 0 Å². The molecule has 2 heterocycles. The molecule has 0 saturated carbocycles. The van der Waals surface area contributed by atoms with Gasteiger partial charge >= 0.3 is 0 Å². The molecule has 23 heavy (non-hydrogen) atoms. The smallest absolute Gasteiger partial charge is 0.249 e. The zero-order chi connectivity index (χ0) is 16.4. The van der Waals surface area contributed by atoms with Crippen molar-refractivity contribution < 1.29 is 13.7 Å². The molecule has 1 aromatic carbocycles. The van der Waals surface area contributed by atoms with Crippen LogP contribution >= 0.6 is 0 Å². The van der Waals surface area contributed by atoms with E-state index in [9.17, 15) is 9.18 Å². The molecule has 1 aromatic heterocycles. The number of amides is 1. The van der Waals surface area contributed by atoms with E-state index < -0.39 is 0 Å². The second kappa shape index (κ2) is 6.48. The van der Waals surface area contributed by atoms with Crippen LogP contribution in [0, 0.1) is 11.7 Å². The minimum absolute atomic E-state index is 0.0601. The maximum Gasteiger partial charge on any atom is 0.249 e. The van der Waals surface area contributed by atoms with Gasteiger partial charge in [-0.25, -0.2) is 4.39 Å². The van der Waals surface area contributed by atoms with Gasteiger partial charge in [0.05, 0.1) is 0 Å². The lowest BCUT2D eigenvalue weighted by atomic mass is 10.00. The summed E-state index contributed by atoms with van der Waals surface area (Å²) in [5.41, 5.74) is 0.693. The maximum atomic E-state index is 13.0. The topological polar surface area (TPSA) is 59.2 Å². The lowest BCUT2D eigenvalue weighted by Gasteiger charge is -2.34. The third kappa shape index (κ3) is 3.25. The first-order chi connectivity index (χ1) is 11.1. The Labute approximate surface area is 134 Å². The summed E-state index contributed by atoms with van der Waals surface area (Å²) >= 11 is 0. The van der Waals surface area contributed by atoms with Gasteiger partial charge in [-0.2, -0.15) is 4.98 Å². The number of piperidine rings is 1. The third-order valence-corrected chi connectivity index (χ3v) is 4.11. The van der Waals surface area contributed by atoms with Gasteiger partial charge in [-0.15, -0.1) is 0 Å². The molecule has 1 aliphatic rings. The van der Waals surface area contributed by atoms with E-state index in [1.54, 1.807) is 12.1 Å². The van der Waals surface area contributed by atoms with Crippen molar-refractivity contribution in [2.75, 3.05) is 6.54 Å². The Kier molecular flexibility index (Phi) is 4.41. The van der Waals surface area contributed by atoms with E-state index in [4.69, 9.17) is 4.52 Å². The van der Waals surface area contributed by atoms with Gasteiger partial charge in [-0.1, -0.05) is 19.0 Å². The predicted octanol–water partition coefficient (Wildman–Crippen LogP) is 3.59. The van der Waals surface area contributed by atoms with Crippen LogP contribution < -0.4 is 0 Å². The van der Waals surface area contributed by atoms with Crippen LogP contribution in [0.15, 0.2) is 28.8 Å². The minimum atomic E-state index is -0.307. The van der Waals surface area contributed by atoms with E-state index in [0.717, 1.165) is 25.8 Å². The number of aromatic nitrogens is 2. The molecule has 1 amide bonds. The quantitative estimate of drug-likeness (QED) is 0.868. The van der Waals surface area contributed by atoms with E-state index >= 15 is 0 Å². The molecule has 2 aromatic rings. The maximum absolute atomic E-state index is 13.0. The van der Waals surface area contributed by atoms with Gasteiger partial charge in [-0.3, -0.25) is 4.79 Å². The Morgan fingerprint density at radius 1 is 1.30 bits per heavy atom. The van der Waals surface area contributed by atoms with Gasteiger partial charge in [0.25, 0.3) is 0 Å². The van der Waals surface area contributed by atoms with E-state index in [1.807, 2.05) is 18.7 Å². The molecule has 0 aliphatic carbocycles. The molecular formula is C17H20FN3O2. The SMILES string of the molecule is CC(C)C(=O)N1CCCCC1c1nc(-c2ccc(F)cc2)no1. The number of rotatable bonds is 3. The largest absolute Gasteiger partial charge is 0.337 e. The fraction of sp³-hybridized carbons (Fsp3) is 0.471. The molecule has 5 nitrogen and oxygen atoms in total. The molecule has 1 aliphatic heterocycles. The van der Waals surface area contributed by atoms with Crippen LogP contribution in [0.5, 0.6) is 0 Å². The fourth-order valence-electron chi connectivity index (χ4n) is 2.87. The molecule has 0 spiro atoms. The van der Waals surface area contributed by atoms with Crippen LogP contribution in [0.3, 0.4) is 0 Å². The van der Waals surface area contributed by atoms with E-state index in [0.29, 0.717) is 17.3 Å². The van der Waals surface area contributed by atoms with Gasteiger partial charge in [0.2, 0.25) is 17.6 Å². The summed E-state index contributed by atoms with van der Waals surface area (Å²) in [6, 6.07) is 5.78.